The fourth-order valence-electron chi connectivity index (χ4n) is 3.57. The molecule has 0 spiro atoms. The Bertz CT molecular complexity index is 958. The molecule has 0 aliphatic carbocycles. The lowest BCUT2D eigenvalue weighted by Crippen LogP contribution is -2.45. The van der Waals surface area contributed by atoms with Gasteiger partial charge < -0.3 is 15.2 Å². The van der Waals surface area contributed by atoms with Gasteiger partial charge in [-0.1, -0.05) is 6.92 Å². The summed E-state index contributed by atoms with van der Waals surface area (Å²) in [7, 11) is 0. The number of aromatic amines is 1. The Labute approximate surface area is 156 Å². The molecule has 4 heterocycles. The first-order chi connectivity index (χ1) is 13.1. The molecule has 0 saturated carbocycles. The van der Waals surface area contributed by atoms with Crippen LogP contribution >= 0.6 is 0 Å². The fraction of sp³-hybridized carbons (Fsp3) is 0.368. The van der Waals surface area contributed by atoms with E-state index in [4.69, 9.17) is 0 Å². The number of pyridine rings is 1. The molecule has 0 bridgehead atoms. The average molecular weight is 368 g/mol. The first-order valence-electron chi connectivity index (χ1n) is 9.05. The van der Waals surface area contributed by atoms with Gasteiger partial charge in [0.1, 0.15) is 5.69 Å². The van der Waals surface area contributed by atoms with Crippen molar-refractivity contribution in [2.75, 3.05) is 25.0 Å². The normalized spacial score (nSPS) is 20.0. The van der Waals surface area contributed by atoms with Crippen molar-refractivity contribution in [3.05, 3.63) is 48.6 Å². The number of hydrogen-bond donors (Lipinski definition) is 2. The number of fused-ring (bicyclic) bond motifs is 1. The Hall–Kier alpha value is -3.03. The molecule has 1 fully saturated rings. The van der Waals surface area contributed by atoms with Gasteiger partial charge >= 0.3 is 0 Å². The zero-order valence-corrected chi connectivity index (χ0v) is 15.0. The number of carbonyl (C=O) groups is 1. The number of hydrogen-bond acceptors (Lipinski definition) is 5. The Balaban J connectivity index is 1.47. The third-order valence-corrected chi connectivity index (χ3v) is 5.27. The number of carbonyl (C=O) groups excluding carboxylic acids is 1. The first kappa shape index (κ1) is 17.4. The predicted molar refractivity (Wildman–Crippen MR) is 99.7 cm³/mol. The fourth-order valence-corrected chi connectivity index (χ4v) is 3.57. The van der Waals surface area contributed by atoms with Crippen LogP contribution in [0.15, 0.2) is 36.9 Å². The van der Waals surface area contributed by atoms with Crippen LogP contribution in [0.1, 0.15) is 23.8 Å². The van der Waals surface area contributed by atoms with E-state index in [9.17, 15) is 9.18 Å². The van der Waals surface area contributed by atoms with Crippen LogP contribution < -0.4 is 5.32 Å². The molecule has 1 aliphatic rings. The summed E-state index contributed by atoms with van der Waals surface area (Å²) in [6.07, 6.45) is 7.12. The van der Waals surface area contributed by atoms with Crippen molar-refractivity contribution in [2.45, 2.75) is 13.3 Å². The molecule has 2 unspecified atom stereocenters. The van der Waals surface area contributed by atoms with Crippen LogP contribution in [0.3, 0.4) is 0 Å². The molecule has 3 aromatic heterocycles. The molecule has 0 radical (unpaired) electrons. The number of amides is 1. The van der Waals surface area contributed by atoms with Crippen molar-refractivity contribution in [2.24, 2.45) is 11.8 Å². The van der Waals surface area contributed by atoms with E-state index < -0.39 is 5.95 Å². The van der Waals surface area contributed by atoms with Crippen molar-refractivity contribution in [3.8, 4) is 0 Å². The Morgan fingerprint density at radius 3 is 3.00 bits per heavy atom. The summed E-state index contributed by atoms with van der Waals surface area (Å²) in [4.78, 5) is 29.9. The third kappa shape index (κ3) is 3.47. The number of rotatable bonds is 4. The molecule has 2 N–H and O–H groups in total. The van der Waals surface area contributed by atoms with Crippen molar-refractivity contribution < 1.29 is 9.18 Å². The summed E-state index contributed by atoms with van der Waals surface area (Å²) < 4.78 is 13.7. The van der Waals surface area contributed by atoms with Crippen LogP contribution in [0.25, 0.3) is 10.9 Å². The van der Waals surface area contributed by atoms with Crippen LogP contribution in [0.4, 0.5) is 10.2 Å². The standard InChI is InChI=1S/C19H21FN6O/c1-12-4-9-26(11-13(12)10-25-18-17(20)23-7-8-24-18)19(27)16-14-2-5-21-15(14)3-6-22-16/h2-3,5-8,12-13,21H,4,9-11H2,1H3,(H,24,25). The zero-order valence-electron chi connectivity index (χ0n) is 15.0. The lowest BCUT2D eigenvalue weighted by molar-refractivity contribution is 0.0618. The number of likely N-dealkylation sites (tertiary alicyclic amines) is 1. The van der Waals surface area contributed by atoms with Crippen LogP contribution in [0.2, 0.25) is 0 Å². The molecule has 1 saturated heterocycles. The molecule has 2 atom stereocenters. The van der Waals surface area contributed by atoms with E-state index in [0.29, 0.717) is 31.2 Å². The first-order valence-corrected chi connectivity index (χ1v) is 9.05. The van der Waals surface area contributed by atoms with E-state index in [1.54, 1.807) is 6.20 Å². The Morgan fingerprint density at radius 1 is 1.30 bits per heavy atom. The molecule has 7 nitrogen and oxygen atoms in total. The Morgan fingerprint density at radius 2 is 2.15 bits per heavy atom. The number of aromatic nitrogens is 4. The van der Waals surface area contributed by atoms with E-state index in [2.05, 4.69) is 32.2 Å². The number of H-pyrrole nitrogens is 1. The van der Waals surface area contributed by atoms with Gasteiger partial charge in [0.15, 0.2) is 5.82 Å². The van der Waals surface area contributed by atoms with E-state index >= 15 is 0 Å². The topological polar surface area (TPSA) is 86.8 Å². The molecule has 140 valence electrons. The molecule has 8 heteroatoms. The minimum Gasteiger partial charge on any atom is -0.366 e. The minimum atomic E-state index is -0.614. The van der Waals surface area contributed by atoms with Gasteiger partial charge in [-0.05, 0) is 30.4 Å². The summed E-state index contributed by atoms with van der Waals surface area (Å²) in [5.74, 6) is 0.0683. The molecule has 0 aromatic carbocycles. The predicted octanol–water partition coefficient (Wildman–Crippen LogP) is 2.70. The number of anilines is 1. The van der Waals surface area contributed by atoms with Gasteiger partial charge in [-0.25, -0.2) is 9.97 Å². The zero-order chi connectivity index (χ0) is 18.8. The van der Waals surface area contributed by atoms with Crippen molar-refractivity contribution in [1.82, 2.24) is 24.8 Å². The van der Waals surface area contributed by atoms with Crippen LogP contribution in [-0.4, -0.2) is 50.4 Å². The molecule has 1 aliphatic heterocycles. The molecular formula is C19H21FN6O. The smallest absolute Gasteiger partial charge is 0.273 e. The van der Waals surface area contributed by atoms with Gasteiger partial charge in [0, 0.05) is 55.3 Å². The average Bonchev–Trinajstić information content (AvgIpc) is 3.17. The van der Waals surface area contributed by atoms with E-state index in [0.717, 1.165) is 17.3 Å². The maximum absolute atomic E-state index is 13.7. The SMILES string of the molecule is CC1CCN(C(=O)c2nccc3[nH]ccc23)CC1CNc1nccnc1F. The molecule has 27 heavy (non-hydrogen) atoms. The van der Waals surface area contributed by atoms with E-state index in [1.165, 1.54) is 12.4 Å². The minimum absolute atomic E-state index is 0.0669. The number of piperidine rings is 1. The number of nitrogens with one attached hydrogen (secondary N) is 2. The second-order valence-electron chi connectivity index (χ2n) is 6.95. The van der Waals surface area contributed by atoms with Gasteiger partial charge in [0.2, 0.25) is 0 Å². The lowest BCUT2D eigenvalue weighted by Gasteiger charge is -2.37. The maximum Gasteiger partial charge on any atom is 0.273 e. The summed E-state index contributed by atoms with van der Waals surface area (Å²) in [6, 6.07) is 3.73. The van der Waals surface area contributed by atoms with Gasteiger partial charge in [0.05, 0.1) is 0 Å². The summed E-state index contributed by atoms with van der Waals surface area (Å²) in [6.45, 7) is 3.98. The van der Waals surface area contributed by atoms with Gasteiger partial charge in [-0.3, -0.25) is 9.78 Å². The van der Waals surface area contributed by atoms with Gasteiger partial charge in [-0.2, -0.15) is 4.39 Å². The van der Waals surface area contributed by atoms with Gasteiger partial charge in [-0.15, -0.1) is 0 Å². The Kier molecular flexibility index (Phi) is 4.70. The molecular weight excluding hydrogens is 347 g/mol. The maximum atomic E-state index is 13.7. The second-order valence-corrected chi connectivity index (χ2v) is 6.95. The number of nitrogens with zero attached hydrogens (tertiary/aromatic N) is 4. The quantitative estimate of drug-likeness (QED) is 0.739. The third-order valence-electron chi connectivity index (χ3n) is 5.27. The highest BCUT2D eigenvalue weighted by Gasteiger charge is 2.30. The van der Waals surface area contributed by atoms with E-state index in [-0.39, 0.29) is 17.6 Å². The van der Waals surface area contributed by atoms with Crippen LogP contribution in [0.5, 0.6) is 0 Å². The number of halogens is 1. The summed E-state index contributed by atoms with van der Waals surface area (Å²) in [5, 5.41) is 3.86. The largest absolute Gasteiger partial charge is 0.366 e. The summed E-state index contributed by atoms with van der Waals surface area (Å²) >= 11 is 0. The molecule has 1 amide bonds. The molecule has 3 aromatic rings. The lowest BCUT2D eigenvalue weighted by atomic mass is 9.86. The van der Waals surface area contributed by atoms with Crippen LogP contribution in [0, 0.1) is 17.8 Å². The monoisotopic (exact) mass is 368 g/mol. The summed E-state index contributed by atoms with van der Waals surface area (Å²) in [5.41, 5.74) is 1.37. The molecule has 4 rings (SSSR count). The highest BCUT2D eigenvalue weighted by molar-refractivity contribution is 6.04. The van der Waals surface area contributed by atoms with E-state index in [1.807, 2.05) is 23.2 Å². The van der Waals surface area contributed by atoms with Crippen molar-refractivity contribution >= 4 is 22.6 Å². The highest BCUT2D eigenvalue weighted by atomic mass is 19.1. The highest BCUT2D eigenvalue weighted by Crippen LogP contribution is 2.26. The van der Waals surface area contributed by atoms with Gasteiger partial charge in [0.25, 0.3) is 11.9 Å². The van der Waals surface area contributed by atoms with Crippen molar-refractivity contribution in [1.29, 1.82) is 0 Å². The second kappa shape index (κ2) is 7.30. The van der Waals surface area contributed by atoms with Crippen molar-refractivity contribution in [3.63, 3.8) is 0 Å². The van der Waals surface area contributed by atoms with Crippen LogP contribution in [-0.2, 0) is 0 Å².